The molecule has 24 heavy (non-hydrogen) atoms. The highest BCUT2D eigenvalue weighted by atomic mass is 19.4. The molecule has 1 aromatic heterocycles. The molecule has 0 bridgehead atoms. The molecular formula is C18H15F3N2O. The molecule has 0 radical (unpaired) electrons. The Labute approximate surface area is 136 Å². The third-order valence-electron chi connectivity index (χ3n) is 3.79. The number of alkyl halides is 3. The van der Waals surface area contributed by atoms with Crippen LogP contribution in [0.3, 0.4) is 0 Å². The predicted octanol–water partition coefficient (Wildman–Crippen LogP) is 4.92. The number of aryl methyl sites for hydroxylation is 1. The van der Waals surface area contributed by atoms with Crippen molar-refractivity contribution in [1.82, 2.24) is 9.78 Å². The van der Waals surface area contributed by atoms with E-state index in [-0.39, 0.29) is 17.8 Å². The van der Waals surface area contributed by atoms with Crippen molar-refractivity contribution in [3.63, 3.8) is 0 Å². The van der Waals surface area contributed by atoms with Gasteiger partial charge in [0.15, 0.2) is 0 Å². The number of phenols is 1. The quantitative estimate of drug-likeness (QED) is 0.691. The minimum absolute atomic E-state index is 0.0140. The van der Waals surface area contributed by atoms with Crippen LogP contribution in [0.4, 0.5) is 13.2 Å². The number of halogens is 3. The Morgan fingerprint density at radius 2 is 2.00 bits per heavy atom. The molecule has 0 amide bonds. The second-order valence-electron chi connectivity index (χ2n) is 5.54. The van der Waals surface area contributed by atoms with Crippen molar-refractivity contribution in [2.75, 3.05) is 0 Å². The van der Waals surface area contributed by atoms with Gasteiger partial charge in [0.25, 0.3) is 0 Å². The van der Waals surface area contributed by atoms with Crippen LogP contribution in [-0.4, -0.2) is 14.9 Å². The number of aromatic nitrogens is 2. The SMILES string of the molecule is C=CCn1nc(-c2ccc(C)cc2O)c2cccc(C(F)(F)F)c21. The summed E-state index contributed by atoms with van der Waals surface area (Å²) in [6.07, 6.45) is -3.01. The normalized spacial score (nSPS) is 11.8. The molecule has 0 saturated carbocycles. The molecule has 1 heterocycles. The molecule has 0 saturated heterocycles. The van der Waals surface area contributed by atoms with Gasteiger partial charge < -0.3 is 5.11 Å². The van der Waals surface area contributed by atoms with E-state index in [4.69, 9.17) is 0 Å². The van der Waals surface area contributed by atoms with Crippen LogP contribution in [0.15, 0.2) is 49.1 Å². The summed E-state index contributed by atoms with van der Waals surface area (Å²) in [6, 6.07) is 8.95. The maximum Gasteiger partial charge on any atom is 0.418 e. The van der Waals surface area contributed by atoms with Crippen LogP contribution in [0.5, 0.6) is 5.75 Å². The second-order valence-corrected chi connectivity index (χ2v) is 5.54. The van der Waals surface area contributed by atoms with Gasteiger partial charge in [-0.05, 0) is 30.7 Å². The van der Waals surface area contributed by atoms with Crippen molar-refractivity contribution in [3.8, 4) is 17.0 Å². The van der Waals surface area contributed by atoms with Gasteiger partial charge >= 0.3 is 6.18 Å². The number of rotatable bonds is 3. The fourth-order valence-corrected chi connectivity index (χ4v) is 2.76. The van der Waals surface area contributed by atoms with E-state index in [0.29, 0.717) is 16.6 Å². The molecule has 3 rings (SSSR count). The van der Waals surface area contributed by atoms with E-state index in [2.05, 4.69) is 11.7 Å². The largest absolute Gasteiger partial charge is 0.507 e. The molecule has 0 aliphatic heterocycles. The average Bonchev–Trinajstić information content (AvgIpc) is 2.85. The van der Waals surface area contributed by atoms with Crippen LogP contribution < -0.4 is 0 Å². The lowest BCUT2D eigenvalue weighted by molar-refractivity contribution is -0.136. The fourth-order valence-electron chi connectivity index (χ4n) is 2.76. The fraction of sp³-hybridized carbons (Fsp3) is 0.167. The van der Waals surface area contributed by atoms with E-state index in [1.165, 1.54) is 16.8 Å². The molecule has 0 unspecified atom stereocenters. The number of aromatic hydroxyl groups is 1. The number of para-hydroxylation sites is 1. The third-order valence-corrected chi connectivity index (χ3v) is 3.79. The van der Waals surface area contributed by atoms with E-state index in [0.717, 1.165) is 11.6 Å². The Hall–Kier alpha value is -2.76. The van der Waals surface area contributed by atoms with Crippen molar-refractivity contribution in [1.29, 1.82) is 0 Å². The molecule has 6 heteroatoms. The van der Waals surface area contributed by atoms with Gasteiger partial charge in [0.05, 0.1) is 17.6 Å². The maximum absolute atomic E-state index is 13.4. The minimum atomic E-state index is -4.49. The summed E-state index contributed by atoms with van der Waals surface area (Å²) in [5, 5.41) is 14.8. The van der Waals surface area contributed by atoms with Crippen LogP contribution in [0.2, 0.25) is 0 Å². The molecular weight excluding hydrogens is 317 g/mol. The highest BCUT2D eigenvalue weighted by molar-refractivity contribution is 5.96. The molecule has 0 spiro atoms. The topological polar surface area (TPSA) is 38.0 Å². The van der Waals surface area contributed by atoms with Crippen molar-refractivity contribution < 1.29 is 18.3 Å². The summed E-state index contributed by atoms with van der Waals surface area (Å²) in [4.78, 5) is 0. The molecule has 2 aromatic carbocycles. The maximum atomic E-state index is 13.4. The van der Waals surface area contributed by atoms with E-state index in [1.807, 2.05) is 6.92 Å². The van der Waals surface area contributed by atoms with E-state index < -0.39 is 11.7 Å². The average molecular weight is 332 g/mol. The van der Waals surface area contributed by atoms with Gasteiger partial charge in [-0.1, -0.05) is 24.3 Å². The molecule has 3 nitrogen and oxygen atoms in total. The standard InChI is InChI=1S/C18H15F3N2O/c1-3-9-23-17-13(5-4-6-14(17)18(19,20)21)16(22-23)12-8-7-11(2)10-15(12)24/h3-8,10,24H,1,9H2,2H3. The van der Waals surface area contributed by atoms with Gasteiger partial charge in [-0.15, -0.1) is 6.58 Å². The van der Waals surface area contributed by atoms with Gasteiger partial charge in [0.1, 0.15) is 11.4 Å². The van der Waals surface area contributed by atoms with Gasteiger partial charge in [-0.2, -0.15) is 18.3 Å². The number of hydrogen-bond donors (Lipinski definition) is 1. The first-order valence-electron chi connectivity index (χ1n) is 7.30. The summed E-state index contributed by atoms with van der Waals surface area (Å²) in [5.74, 6) is -0.0161. The zero-order chi connectivity index (χ0) is 17.5. The Morgan fingerprint density at radius 1 is 1.25 bits per heavy atom. The monoisotopic (exact) mass is 332 g/mol. The number of benzene rings is 2. The summed E-state index contributed by atoms with van der Waals surface area (Å²) in [6.45, 7) is 5.53. The number of fused-ring (bicyclic) bond motifs is 1. The smallest absolute Gasteiger partial charge is 0.418 e. The van der Waals surface area contributed by atoms with Crippen LogP contribution >= 0.6 is 0 Å². The van der Waals surface area contributed by atoms with E-state index in [1.54, 1.807) is 24.3 Å². The molecule has 124 valence electrons. The lowest BCUT2D eigenvalue weighted by atomic mass is 10.0. The first-order valence-corrected chi connectivity index (χ1v) is 7.30. The third kappa shape index (κ3) is 2.64. The Balaban J connectivity index is 2.36. The Bertz CT molecular complexity index is 926. The number of allylic oxidation sites excluding steroid dienone is 1. The molecule has 0 fully saturated rings. The highest BCUT2D eigenvalue weighted by Crippen LogP contribution is 2.40. The second kappa shape index (κ2) is 5.70. The van der Waals surface area contributed by atoms with Gasteiger partial charge in [0.2, 0.25) is 0 Å². The molecule has 0 aliphatic rings. The van der Waals surface area contributed by atoms with Crippen molar-refractivity contribution in [3.05, 3.63) is 60.2 Å². The zero-order valence-corrected chi connectivity index (χ0v) is 12.9. The molecule has 0 aliphatic carbocycles. The first-order chi connectivity index (χ1) is 11.3. The van der Waals surface area contributed by atoms with Crippen molar-refractivity contribution >= 4 is 10.9 Å². The van der Waals surface area contributed by atoms with Crippen LogP contribution in [-0.2, 0) is 12.7 Å². The zero-order valence-electron chi connectivity index (χ0n) is 12.9. The number of phenolic OH excluding ortho intramolecular Hbond substituents is 1. The number of hydrogen-bond acceptors (Lipinski definition) is 2. The van der Waals surface area contributed by atoms with Crippen LogP contribution in [0, 0.1) is 6.92 Å². The predicted molar refractivity (Wildman–Crippen MR) is 86.8 cm³/mol. The summed E-state index contributed by atoms with van der Waals surface area (Å²) >= 11 is 0. The van der Waals surface area contributed by atoms with E-state index >= 15 is 0 Å². The van der Waals surface area contributed by atoms with Crippen LogP contribution in [0.25, 0.3) is 22.2 Å². The summed E-state index contributed by atoms with van der Waals surface area (Å²) in [7, 11) is 0. The summed E-state index contributed by atoms with van der Waals surface area (Å²) in [5.41, 5.74) is 0.789. The van der Waals surface area contributed by atoms with Gasteiger partial charge in [-0.3, -0.25) is 4.68 Å². The Morgan fingerprint density at radius 3 is 2.62 bits per heavy atom. The van der Waals surface area contributed by atoms with Gasteiger partial charge in [0, 0.05) is 10.9 Å². The van der Waals surface area contributed by atoms with Gasteiger partial charge in [-0.25, -0.2) is 0 Å². The number of nitrogens with zero attached hydrogens (tertiary/aromatic N) is 2. The van der Waals surface area contributed by atoms with Crippen molar-refractivity contribution in [2.24, 2.45) is 0 Å². The summed E-state index contributed by atoms with van der Waals surface area (Å²) < 4.78 is 41.4. The first kappa shape index (κ1) is 16.1. The molecule has 1 N–H and O–H groups in total. The van der Waals surface area contributed by atoms with Crippen molar-refractivity contribution in [2.45, 2.75) is 19.6 Å². The minimum Gasteiger partial charge on any atom is -0.507 e. The molecule has 3 aromatic rings. The molecule has 0 atom stereocenters. The van der Waals surface area contributed by atoms with Crippen LogP contribution in [0.1, 0.15) is 11.1 Å². The lowest BCUT2D eigenvalue weighted by Crippen LogP contribution is -2.09. The van der Waals surface area contributed by atoms with E-state index in [9.17, 15) is 18.3 Å². The highest BCUT2D eigenvalue weighted by Gasteiger charge is 2.34. The lowest BCUT2D eigenvalue weighted by Gasteiger charge is -2.10. The Kier molecular flexibility index (Phi) is 3.83.